The summed E-state index contributed by atoms with van der Waals surface area (Å²) in [6.07, 6.45) is 0.995. The van der Waals surface area contributed by atoms with E-state index < -0.39 is 0 Å². The van der Waals surface area contributed by atoms with Crippen molar-refractivity contribution in [1.29, 1.82) is 0 Å². The predicted octanol–water partition coefficient (Wildman–Crippen LogP) is 3.47. The molecule has 0 unspecified atom stereocenters. The molecule has 24 heavy (non-hydrogen) atoms. The molecule has 1 amide bonds. The standard InChI is InChI=1S/C20H25N3O/c1-14-6-5-9-18(15(14)2)22-19-8-4-3-7-17(19)20(24)23-11-10-16(12-21)13-23/h3-9,16,22H,10-13,21H2,1-2H3/t16-/m0/s1. The SMILES string of the molecule is Cc1cccc(Nc2ccccc2C(=O)N2CC[C@@H](CN)C2)c1C. The fourth-order valence-corrected chi connectivity index (χ4v) is 3.19. The molecule has 4 nitrogen and oxygen atoms in total. The van der Waals surface area contributed by atoms with Crippen LogP contribution in [0.1, 0.15) is 27.9 Å². The molecular formula is C20H25N3O. The van der Waals surface area contributed by atoms with Crippen LogP contribution < -0.4 is 11.1 Å². The van der Waals surface area contributed by atoms with E-state index in [4.69, 9.17) is 5.73 Å². The smallest absolute Gasteiger partial charge is 0.255 e. The van der Waals surface area contributed by atoms with Crippen LogP contribution in [0.4, 0.5) is 11.4 Å². The number of hydrogen-bond acceptors (Lipinski definition) is 3. The lowest BCUT2D eigenvalue weighted by atomic mass is 10.1. The summed E-state index contributed by atoms with van der Waals surface area (Å²) in [5, 5.41) is 3.44. The highest BCUT2D eigenvalue weighted by molar-refractivity contribution is 6.00. The molecule has 0 aliphatic carbocycles. The second-order valence-electron chi connectivity index (χ2n) is 6.56. The van der Waals surface area contributed by atoms with Gasteiger partial charge in [0.1, 0.15) is 0 Å². The maximum Gasteiger partial charge on any atom is 0.255 e. The second-order valence-corrected chi connectivity index (χ2v) is 6.56. The molecule has 2 aromatic carbocycles. The minimum atomic E-state index is 0.0827. The molecule has 1 saturated heterocycles. The van der Waals surface area contributed by atoms with Crippen molar-refractivity contribution in [2.45, 2.75) is 20.3 Å². The van der Waals surface area contributed by atoms with Gasteiger partial charge in [0.05, 0.1) is 11.3 Å². The van der Waals surface area contributed by atoms with E-state index in [2.05, 4.69) is 25.2 Å². The summed E-state index contributed by atoms with van der Waals surface area (Å²) < 4.78 is 0. The first kappa shape index (κ1) is 16.5. The van der Waals surface area contributed by atoms with Gasteiger partial charge in [-0.1, -0.05) is 24.3 Å². The summed E-state index contributed by atoms with van der Waals surface area (Å²) in [5.41, 5.74) is 10.8. The first-order chi connectivity index (χ1) is 11.6. The van der Waals surface area contributed by atoms with Crippen molar-refractivity contribution in [3.63, 3.8) is 0 Å². The number of aryl methyl sites for hydroxylation is 1. The largest absolute Gasteiger partial charge is 0.355 e. The average molecular weight is 323 g/mol. The number of hydrogen-bond donors (Lipinski definition) is 2. The van der Waals surface area contributed by atoms with Gasteiger partial charge in [0, 0.05) is 18.8 Å². The van der Waals surface area contributed by atoms with Crippen molar-refractivity contribution in [2.24, 2.45) is 11.7 Å². The van der Waals surface area contributed by atoms with Crippen LogP contribution in [0.2, 0.25) is 0 Å². The van der Waals surface area contributed by atoms with E-state index in [9.17, 15) is 4.79 Å². The fourth-order valence-electron chi connectivity index (χ4n) is 3.19. The number of anilines is 2. The summed E-state index contributed by atoms with van der Waals surface area (Å²) in [6, 6.07) is 13.9. The molecule has 0 bridgehead atoms. The van der Waals surface area contributed by atoms with Crippen molar-refractivity contribution in [1.82, 2.24) is 4.90 Å². The van der Waals surface area contributed by atoms with Gasteiger partial charge in [0.15, 0.2) is 0 Å². The number of benzene rings is 2. The summed E-state index contributed by atoms with van der Waals surface area (Å²) >= 11 is 0. The summed E-state index contributed by atoms with van der Waals surface area (Å²) in [6.45, 7) is 6.38. The Balaban J connectivity index is 1.86. The minimum Gasteiger partial charge on any atom is -0.355 e. The first-order valence-electron chi connectivity index (χ1n) is 8.51. The number of carbonyl (C=O) groups is 1. The molecular weight excluding hydrogens is 298 g/mol. The van der Waals surface area contributed by atoms with Crippen LogP contribution in [0, 0.1) is 19.8 Å². The molecule has 2 aromatic rings. The van der Waals surface area contributed by atoms with Gasteiger partial charge in [-0.3, -0.25) is 4.79 Å². The number of likely N-dealkylation sites (tertiary alicyclic amines) is 1. The summed E-state index contributed by atoms with van der Waals surface area (Å²) in [5.74, 6) is 0.507. The van der Waals surface area contributed by atoms with Crippen molar-refractivity contribution in [3.05, 3.63) is 59.2 Å². The number of nitrogens with one attached hydrogen (secondary N) is 1. The Morgan fingerprint density at radius 2 is 1.92 bits per heavy atom. The third kappa shape index (κ3) is 3.29. The molecule has 1 aliphatic rings. The highest BCUT2D eigenvalue weighted by Crippen LogP contribution is 2.27. The highest BCUT2D eigenvalue weighted by atomic mass is 16.2. The van der Waals surface area contributed by atoms with Crippen LogP contribution in [0.15, 0.2) is 42.5 Å². The van der Waals surface area contributed by atoms with Gasteiger partial charge < -0.3 is 16.0 Å². The molecule has 1 fully saturated rings. The van der Waals surface area contributed by atoms with Crippen molar-refractivity contribution in [3.8, 4) is 0 Å². The molecule has 0 saturated carbocycles. The summed E-state index contributed by atoms with van der Waals surface area (Å²) in [4.78, 5) is 14.8. The number of nitrogens with two attached hydrogens (primary N) is 1. The van der Waals surface area contributed by atoms with Gasteiger partial charge in [0.25, 0.3) is 5.91 Å². The zero-order valence-electron chi connectivity index (χ0n) is 14.4. The third-order valence-corrected chi connectivity index (χ3v) is 4.94. The van der Waals surface area contributed by atoms with Crippen LogP contribution in [-0.4, -0.2) is 30.4 Å². The molecule has 0 aromatic heterocycles. The van der Waals surface area contributed by atoms with E-state index in [1.807, 2.05) is 41.3 Å². The second kappa shape index (κ2) is 7.05. The predicted molar refractivity (Wildman–Crippen MR) is 98.7 cm³/mol. The lowest BCUT2D eigenvalue weighted by molar-refractivity contribution is 0.0788. The maximum atomic E-state index is 12.9. The van der Waals surface area contributed by atoms with E-state index in [1.54, 1.807) is 0 Å². The van der Waals surface area contributed by atoms with Crippen molar-refractivity contribution >= 4 is 17.3 Å². The Morgan fingerprint density at radius 1 is 1.17 bits per heavy atom. The zero-order valence-corrected chi connectivity index (χ0v) is 14.4. The van der Waals surface area contributed by atoms with Crippen LogP contribution >= 0.6 is 0 Å². The van der Waals surface area contributed by atoms with Gasteiger partial charge in [-0.2, -0.15) is 0 Å². The fraction of sp³-hybridized carbons (Fsp3) is 0.350. The van der Waals surface area contributed by atoms with E-state index in [-0.39, 0.29) is 5.91 Å². The van der Waals surface area contributed by atoms with Gasteiger partial charge in [-0.15, -0.1) is 0 Å². The number of rotatable bonds is 4. The highest BCUT2D eigenvalue weighted by Gasteiger charge is 2.27. The average Bonchev–Trinajstić information content (AvgIpc) is 3.08. The van der Waals surface area contributed by atoms with E-state index in [0.29, 0.717) is 12.5 Å². The van der Waals surface area contributed by atoms with E-state index >= 15 is 0 Å². The Kier molecular flexibility index (Phi) is 4.86. The number of nitrogens with zero attached hydrogens (tertiary/aromatic N) is 1. The summed E-state index contributed by atoms with van der Waals surface area (Å²) in [7, 11) is 0. The number of para-hydroxylation sites is 1. The lowest BCUT2D eigenvalue weighted by Gasteiger charge is -2.20. The van der Waals surface area contributed by atoms with E-state index in [0.717, 1.165) is 36.4 Å². The monoisotopic (exact) mass is 323 g/mol. The zero-order chi connectivity index (χ0) is 17.1. The first-order valence-corrected chi connectivity index (χ1v) is 8.51. The molecule has 0 radical (unpaired) electrons. The molecule has 1 aliphatic heterocycles. The topological polar surface area (TPSA) is 58.4 Å². The quantitative estimate of drug-likeness (QED) is 0.906. The van der Waals surface area contributed by atoms with Gasteiger partial charge in [-0.25, -0.2) is 0 Å². The van der Waals surface area contributed by atoms with Crippen LogP contribution in [0.25, 0.3) is 0 Å². The molecule has 4 heteroatoms. The van der Waals surface area contributed by atoms with Gasteiger partial charge in [0.2, 0.25) is 0 Å². The number of carbonyl (C=O) groups excluding carboxylic acids is 1. The van der Waals surface area contributed by atoms with Crippen LogP contribution in [0.3, 0.4) is 0 Å². The molecule has 126 valence electrons. The molecule has 0 spiro atoms. The maximum absolute atomic E-state index is 12.9. The normalized spacial score (nSPS) is 17.1. The lowest BCUT2D eigenvalue weighted by Crippen LogP contribution is -2.30. The molecule has 3 rings (SSSR count). The Hall–Kier alpha value is -2.33. The van der Waals surface area contributed by atoms with Gasteiger partial charge in [-0.05, 0) is 62.1 Å². The minimum absolute atomic E-state index is 0.0827. The Morgan fingerprint density at radius 3 is 2.67 bits per heavy atom. The third-order valence-electron chi connectivity index (χ3n) is 4.94. The van der Waals surface area contributed by atoms with Crippen molar-refractivity contribution in [2.75, 3.05) is 25.0 Å². The molecule has 1 atom stereocenters. The van der Waals surface area contributed by atoms with Crippen molar-refractivity contribution < 1.29 is 4.79 Å². The van der Waals surface area contributed by atoms with Crippen LogP contribution in [0.5, 0.6) is 0 Å². The molecule has 1 heterocycles. The van der Waals surface area contributed by atoms with Gasteiger partial charge >= 0.3 is 0 Å². The van der Waals surface area contributed by atoms with Crippen LogP contribution in [-0.2, 0) is 0 Å². The Labute approximate surface area is 143 Å². The Bertz CT molecular complexity index is 741. The number of amides is 1. The van der Waals surface area contributed by atoms with E-state index in [1.165, 1.54) is 11.1 Å². The molecule has 3 N–H and O–H groups in total.